The molecule has 226 valence electrons. The molecule has 0 unspecified atom stereocenters. The van der Waals surface area contributed by atoms with Crippen LogP contribution in [0.1, 0.15) is 49.3 Å². The van der Waals surface area contributed by atoms with Crippen molar-refractivity contribution in [2.45, 2.75) is 39.5 Å². The van der Waals surface area contributed by atoms with Crippen molar-refractivity contribution >= 4 is 39.6 Å². The maximum absolute atomic E-state index is 15.3. The number of hydrogen-bond donors (Lipinski definition) is 2. The van der Waals surface area contributed by atoms with Crippen molar-refractivity contribution in [3.63, 3.8) is 0 Å². The van der Waals surface area contributed by atoms with Gasteiger partial charge in [-0.3, -0.25) is 14.7 Å². The van der Waals surface area contributed by atoms with E-state index in [-0.39, 0.29) is 56.5 Å². The summed E-state index contributed by atoms with van der Waals surface area (Å²) in [6.45, 7) is 6.77. The Morgan fingerprint density at radius 2 is 1.89 bits per heavy atom. The fourth-order valence-corrected chi connectivity index (χ4v) is 4.79. The molecule has 0 fully saturated rings. The van der Waals surface area contributed by atoms with Gasteiger partial charge in [-0.05, 0) is 45.9 Å². The molecule has 11 nitrogen and oxygen atoms in total. The summed E-state index contributed by atoms with van der Waals surface area (Å²) in [6, 6.07) is 5.63. The molecule has 0 aliphatic rings. The van der Waals surface area contributed by atoms with Crippen LogP contribution >= 0.6 is 0 Å². The maximum atomic E-state index is 15.3. The number of aromatic nitrogens is 5. The number of nitrogens with zero attached hydrogens (tertiary/aromatic N) is 6. The van der Waals surface area contributed by atoms with E-state index in [1.54, 1.807) is 27.7 Å². The Labute approximate surface area is 246 Å². The van der Waals surface area contributed by atoms with Crippen LogP contribution in [0.4, 0.5) is 28.0 Å². The van der Waals surface area contributed by atoms with E-state index in [4.69, 9.17) is 10.5 Å². The number of nitrogens with one attached hydrogen (secondary N) is 1. The first kappa shape index (κ1) is 30.0. The van der Waals surface area contributed by atoms with Gasteiger partial charge < -0.3 is 15.5 Å². The smallest absolute Gasteiger partial charge is 0.435 e. The molecule has 0 aliphatic carbocycles. The van der Waals surface area contributed by atoms with E-state index in [2.05, 4.69) is 20.1 Å². The van der Waals surface area contributed by atoms with Crippen LogP contribution in [0.15, 0.2) is 43.0 Å². The van der Waals surface area contributed by atoms with Crippen LogP contribution in [-0.2, 0) is 10.9 Å². The fourth-order valence-electron chi connectivity index (χ4n) is 4.79. The minimum Gasteiger partial charge on any atom is -0.443 e. The van der Waals surface area contributed by atoms with Crippen LogP contribution in [0.5, 0.6) is 0 Å². The van der Waals surface area contributed by atoms with Crippen LogP contribution < -0.4 is 10.6 Å². The Balaban J connectivity index is 1.90. The molecule has 0 radical (unpaired) electrons. The zero-order valence-corrected chi connectivity index (χ0v) is 23.7. The number of fused-ring (bicyclic) bond motifs is 3. The van der Waals surface area contributed by atoms with Crippen molar-refractivity contribution in [1.29, 1.82) is 5.26 Å². The minimum atomic E-state index is -5.04. The number of ether oxygens (including phenoxy) is 1. The number of H-pyrrole nitrogens is 1. The number of aromatic amines is 1. The second-order valence-corrected chi connectivity index (χ2v) is 10.7. The lowest BCUT2D eigenvalue weighted by molar-refractivity contribution is -0.141. The normalized spacial score (nSPS) is 12.0. The number of pyridine rings is 2. The number of halogens is 4. The number of nitriles is 1. The number of anilines is 1. The van der Waals surface area contributed by atoms with Crippen LogP contribution in [-0.4, -0.2) is 48.9 Å². The molecule has 3 N–H and O–H groups in total. The third-order valence-electron chi connectivity index (χ3n) is 6.52. The number of nitrogens with two attached hydrogens (primary N) is 1. The summed E-state index contributed by atoms with van der Waals surface area (Å²) in [5.74, 6) is -2.14. The van der Waals surface area contributed by atoms with E-state index >= 15 is 4.39 Å². The SMILES string of the molecule is CCN(C(=O)OC(C)(C)C)c1cc(F)cc2c1[nH]c1ncc(-c3cncc(C#N)c3)c(-n3cc(C(N)=O)c(C(F)(F)F)n3)c12. The van der Waals surface area contributed by atoms with Gasteiger partial charge >= 0.3 is 12.3 Å². The molecule has 5 aromatic rings. The van der Waals surface area contributed by atoms with Gasteiger partial charge in [0.25, 0.3) is 5.91 Å². The Bertz CT molecular complexity index is 2000. The number of benzene rings is 1. The summed E-state index contributed by atoms with van der Waals surface area (Å²) in [5.41, 5.74) is 2.92. The van der Waals surface area contributed by atoms with Gasteiger partial charge in [0, 0.05) is 47.8 Å². The highest BCUT2D eigenvalue weighted by Gasteiger charge is 2.39. The van der Waals surface area contributed by atoms with Gasteiger partial charge in [-0.15, -0.1) is 0 Å². The molecule has 0 atom stereocenters. The zero-order chi connectivity index (χ0) is 32.1. The average molecular weight is 609 g/mol. The Kier molecular flexibility index (Phi) is 7.24. The highest BCUT2D eigenvalue weighted by Crippen LogP contribution is 2.41. The topological polar surface area (TPSA) is 156 Å². The Hall–Kier alpha value is -5.52. The summed E-state index contributed by atoms with van der Waals surface area (Å²) in [4.78, 5) is 37.9. The van der Waals surface area contributed by atoms with Gasteiger partial charge in [-0.2, -0.15) is 23.5 Å². The van der Waals surface area contributed by atoms with E-state index in [1.165, 1.54) is 29.6 Å². The second kappa shape index (κ2) is 10.6. The predicted octanol–water partition coefficient (Wildman–Crippen LogP) is 5.85. The molecule has 44 heavy (non-hydrogen) atoms. The molecule has 2 amide bonds. The number of rotatable bonds is 5. The molecule has 0 spiro atoms. The summed E-state index contributed by atoms with van der Waals surface area (Å²) in [6.07, 6.45) is -1.02. The Morgan fingerprint density at radius 3 is 2.48 bits per heavy atom. The first-order chi connectivity index (χ1) is 20.6. The van der Waals surface area contributed by atoms with Gasteiger partial charge in [0.05, 0.1) is 33.4 Å². The highest BCUT2D eigenvalue weighted by atomic mass is 19.4. The van der Waals surface area contributed by atoms with Gasteiger partial charge in [-0.1, -0.05) is 0 Å². The zero-order valence-electron chi connectivity index (χ0n) is 23.7. The summed E-state index contributed by atoms with van der Waals surface area (Å²) in [7, 11) is 0. The monoisotopic (exact) mass is 608 g/mol. The standard InChI is InChI=1S/C29H24F4N8O3/c1-5-40(27(43)44-28(2,3)4)20-8-16(30)7-17-21-23(41-13-19(25(35)42)24(39-41)29(31,32)33)18(12-37-26(21)38-22(17)20)15-6-14(9-34)10-36-11-15/h6-8,10-13H,5H2,1-4H3,(H2,35,42)(H,37,38). The third-order valence-corrected chi connectivity index (χ3v) is 6.52. The van der Waals surface area contributed by atoms with Crippen molar-refractivity contribution in [3.05, 3.63) is 65.6 Å². The molecule has 0 aliphatic heterocycles. The van der Waals surface area contributed by atoms with E-state index in [1.807, 2.05) is 6.07 Å². The van der Waals surface area contributed by atoms with Gasteiger partial charge in [0.1, 0.15) is 23.1 Å². The van der Waals surface area contributed by atoms with Crippen molar-refractivity contribution < 1.29 is 31.9 Å². The molecule has 4 heterocycles. The lowest BCUT2D eigenvalue weighted by Gasteiger charge is -2.27. The molecular weight excluding hydrogens is 584 g/mol. The van der Waals surface area contributed by atoms with Gasteiger partial charge in [-0.25, -0.2) is 18.9 Å². The largest absolute Gasteiger partial charge is 0.443 e. The highest BCUT2D eigenvalue weighted by molar-refractivity contribution is 6.16. The number of carbonyl (C=O) groups is 2. The number of amides is 2. The first-order valence-electron chi connectivity index (χ1n) is 13.1. The van der Waals surface area contributed by atoms with Gasteiger partial charge in [0.15, 0.2) is 5.69 Å². The van der Waals surface area contributed by atoms with Crippen LogP contribution in [0.2, 0.25) is 0 Å². The van der Waals surface area contributed by atoms with Crippen LogP contribution in [0.3, 0.4) is 0 Å². The van der Waals surface area contributed by atoms with Crippen molar-refractivity contribution in [2.75, 3.05) is 11.4 Å². The molecule has 0 saturated heterocycles. The number of carbonyl (C=O) groups excluding carboxylic acids is 2. The third kappa shape index (κ3) is 5.37. The molecule has 1 aromatic carbocycles. The molecule has 0 bridgehead atoms. The molecular formula is C29H24F4N8O3. The Morgan fingerprint density at radius 1 is 1.16 bits per heavy atom. The van der Waals surface area contributed by atoms with Crippen LogP contribution in [0, 0.1) is 17.1 Å². The summed E-state index contributed by atoms with van der Waals surface area (Å²) < 4.78 is 63.5. The predicted molar refractivity (Wildman–Crippen MR) is 151 cm³/mol. The van der Waals surface area contributed by atoms with Crippen LogP contribution in [0.25, 0.3) is 38.8 Å². The van der Waals surface area contributed by atoms with Gasteiger partial charge in [0.2, 0.25) is 0 Å². The summed E-state index contributed by atoms with van der Waals surface area (Å²) in [5, 5.41) is 13.4. The quantitative estimate of drug-likeness (QED) is 0.237. The molecule has 4 aromatic heterocycles. The fraction of sp³-hybridized carbons (Fsp3) is 0.241. The van der Waals surface area contributed by atoms with E-state index in [0.717, 1.165) is 23.0 Å². The van der Waals surface area contributed by atoms with E-state index in [0.29, 0.717) is 0 Å². The summed E-state index contributed by atoms with van der Waals surface area (Å²) >= 11 is 0. The lowest BCUT2D eigenvalue weighted by atomic mass is 10.0. The molecule has 5 rings (SSSR count). The van der Waals surface area contributed by atoms with E-state index < -0.39 is 40.9 Å². The first-order valence-corrected chi connectivity index (χ1v) is 13.1. The minimum absolute atomic E-state index is 0.0481. The van der Waals surface area contributed by atoms with Crippen molar-refractivity contribution in [3.8, 4) is 22.9 Å². The lowest BCUT2D eigenvalue weighted by Crippen LogP contribution is -2.37. The molecule has 15 heteroatoms. The van der Waals surface area contributed by atoms with Crippen molar-refractivity contribution in [1.82, 2.24) is 24.7 Å². The number of hydrogen-bond acceptors (Lipinski definition) is 7. The number of alkyl halides is 3. The van der Waals surface area contributed by atoms with E-state index in [9.17, 15) is 28.0 Å². The maximum Gasteiger partial charge on any atom is 0.435 e. The number of primary amides is 1. The average Bonchev–Trinajstić information content (AvgIpc) is 3.55. The molecule has 0 saturated carbocycles. The second-order valence-electron chi connectivity index (χ2n) is 10.7. The van der Waals surface area contributed by atoms with Crippen molar-refractivity contribution in [2.24, 2.45) is 5.73 Å².